The van der Waals surface area contributed by atoms with Crippen LogP contribution in [0.2, 0.25) is 0 Å². The largest absolute Gasteiger partial charge is 0.491 e. The van der Waals surface area contributed by atoms with Crippen molar-refractivity contribution >= 4 is 0 Å². The van der Waals surface area contributed by atoms with Crippen molar-refractivity contribution in [2.24, 2.45) is 0 Å². The van der Waals surface area contributed by atoms with Gasteiger partial charge in [-0.15, -0.1) is 6.58 Å². The van der Waals surface area contributed by atoms with Gasteiger partial charge in [-0.05, 0) is 30.5 Å². The van der Waals surface area contributed by atoms with Crippen LogP contribution in [0.25, 0.3) is 0 Å². The zero-order valence-electron chi connectivity index (χ0n) is 11.5. The molecule has 0 fully saturated rings. The molecule has 0 aromatic heterocycles. The summed E-state index contributed by atoms with van der Waals surface area (Å²) in [4.78, 5) is 0. The summed E-state index contributed by atoms with van der Waals surface area (Å²) in [6.45, 7) is 6.15. The molecule has 0 bridgehead atoms. The molecule has 3 nitrogen and oxygen atoms in total. The molecular formula is C15H22FNO2. The number of allylic oxidation sites excluding steroid dienone is 1. The van der Waals surface area contributed by atoms with Crippen LogP contribution in [0, 0.1) is 5.82 Å². The molecule has 1 aromatic rings. The number of hydrogen-bond donors (Lipinski definition) is 1. The molecule has 1 N–H and O–H groups in total. The third-order valence-corrected chi connectivity index (χ3v) is 2.62. The van der Waals surface area contributed by atoms with E-state index in [2.05, 4.69) is 11.9 Å². The molecular weight excluding hydrogens is 245 g/mol. The van der Waals surface area contributed by atoms with Gasteiger partial charge in [0.15, 0.2) is 11.6 Å². The lowest BCUT2D eigenvalue weighted by Crippen LogP contribution is -2.18. The molecule has 0 aliphatic heterocycles. The monoisotopic (exact) mass is 267 g/mol. The van der Waals surface area contributed by atoms with Crippen LogP contribution in [0.3, 0.4) is 0 Å². The molecule has 0 radical (unpaired) electrons. The van der Waals surface area contributed by atoms with Gasteiger partial charge in [-0.25, -0.2) is 4.39 Å². The normalized spacial score (nSPS) is 10.4. The molecule has 0 atom stereocenters. The fourth-order valence-electron chi connectivity index (χ4n) is 1.59. The molecule has 0 amide bonds. The molecule has 0 aliphatic rings. The zero-order valence-corrected chi connectivity index (χ0v) is 11.5. The highest BCUT2D eigenvalue weighted by Crippen LogP contribution is 2.18. The number of hydrogen-bond acceptors (Lipinski definition) is 3. The first-order chi connectivity index (χ1) is 9.27. The summed E-state index contributed by atoms with van der Waals surface area (Å²) >= 11 is 0. The Kier molecular flexibility index (Phi) is 7.86. The number of halogens is 1. The Hall–Kier alpha value is -1.39. The first-order valence-electron chi connectivity index (χ1n) is 6.49. The summed E-state index contributed by atoms with van der Waals surface area (Å²) < 4.78 is 24.0. The molecule has 0 saturated heterocycles. The van der Waals surface area contributed by atoms with Crippen molar-refractivity contribution in [1.82, 2.24) is 5.32 Å². The predicted molar refractivity (Wildman–Crippen MR) is 74.9 cm³/mol. The van der Waals surface area contributed by atoms with Crippen LogP contribution in [0.4, 0.5) is 4.39 Å². The molecule has 0 unspecified atom stereocenters. The molecule has 4 heteroatoms. The van der Waals surface area contributed by atoms with Crippen molar-refractivity contribution in [3.63, 3.8) is 0 Å². The molecule has 0 spiro atoms. The van der Waals surface area contributed by atoms with Gasteiger partial charge in [-0.3, -0.25) is 0 Å². The van der Waals surface area contributed by atoms with E-state index >= 15 is 0 Å². The summed E-state index contributed by atoms with van der Waals surface area (Å²) in [5, 5.41) is 3.17. The number of nitrogens with one attached hydrogen (secondary N) is 1. The lowest BCUT2D eigenvalue weighted by atomic mass is 10.2. The van der Waals surface area contributed by atoms with E-state index in [-0.39, 0.29) is 5.82 Å². The van der Waals surface area contributed by atoms with Crippen LogP contribution in [-0.2, 0) is 11.3 Å². The van der Waals surface area contributed by atoms with Gasteiger partial charge in [-0.2, -0.15) is 0 Å². The fraction of sp³-hybridized carbons (Fsp3) is 0.467. The second-order valence-corrected chi connectivity index (χ2v) is 4.21. The van der Waals surface area contributed by atoms with Gasteiger partial charge in [0.2, 0.25) is 0 Å². The topological polar surface area (TPSA) is 30.5 Å². The SMILES string of the molecule is C=CCCCOc1ccc(CNCCOC)cc1F. The quantitative estimate of drug-likeness (QED) is 0.522. The third kappa shape index (κ3) is 6.36. The van der Waals surface area contributed by atoms with Gasteiger partial charge in [0, 0.05) is 20.2 Å². The van der Waals surface area contributed by atoms with Crippen molar-refractivity contribution in [2.75, 3.05) is 26.9 Å². The van der Waals surface area contributed by atoms with Crippen LogP contribution < -0.4 is 10.1 Å². The standard InChI is InChI=1S/C15H22FNO2/c1-3-4-5-9-19-15-7-6-13(11-14(15)16)12-17-8-10-18-2/h3,6-7,11,17H,1,4-5,8-10,12H2,2H3. The van der Waals surface area contributed by atoms with E-state index in [1.807, 2.05) is 12.1 Å². The Morgan fingerprint density at radius 2 is 2.21 bits per heavy atom. The maximum absolute atomic E-state index is 13.7. The van der Waals surface area contributed by atoms with Crippen molar-refractivity contribution in [2.45, 2.75) is 19.4 Å². The average Bonchev–Trinajstić information content (AvgIpc) is 2.42. The second kappa shape index (κ2) is 9.53. The van der Waals surface area contributed by atoms with Gasteiger partial charge in [0.25, 0.3) is 0 Å². The lowest BCUT2D eigenvalue weighted by molar-refractivity contribution is 0.199. The maximum atomic E-state index is 13.7. The molecule has 1 rings (SSSR count). The Balaban J connectivity index is 2.38. The van der Waals surface area contributed by atoms with E-state index in [0.29, 0.717) is 25.5 Å². The van der Waals surface area contributed by atoms with E-state index in [0.717, 1.165) is 24.9 Å². The van der Waals surface area contributed by atoms with Crippen LogP contribution in [0.15, 0.2) is 30.9 Å². The van der Waals surface area contributed by atoms with E-state index < -0.39 is 0 Å². The van der Waals surface area contributed by atoms with Crippen molar-refractivity contribution in [3.8, 4) is 5.75 Å². The first-order valence-corrected chi connectivity index (χ1v) is 6.49. The second-order valence-electron chi connectivity index (χ2n) is 4.21. The van der Waals surface area contributed by atoms with Crippen LogP contribution in [-0.4, -0.2) is 26.9 Å². The van der Waals surface area contributed by atoms with Crippen molar-refractivity contribution in [3.05, 3.63) is 42.2 Å². The van der Waals surface area contributed by atoms with Crippen LogP contribution in [0.5, 0.6) is 5.75 Å². The number of ether oxygens (including phenoxy) is 2. The van der Waals surface area contributed by atoms with Gasteiger partial charge in [0.1, 0.15) is 0 Å². The predicted octanol–water partition coefficient (Wildman–Crippen LogP) is 2.91. The summed E-state index contributed by atoms with van der Waals surface area (Å²) in [6.07, 6.45) is 3.56. The van der Waals surface area contributed by atoms with Crippen LogP contribution >= 0.6 is 0 Å². The number of methoxy groups -OCH3 is 1. The number of rotatable bonds is 10. The Labute approximate surface area is 114 Å². The average molecular weight is 267 g/mol. The lowest BCUT2D eigenvalue weighted by Gasteiger charge is -2.09. The summed E-state index contributed by atoms with van der Waals surface area (Å²) in [7, 11) is 1.65. The zero-order chi connectivity index (χ0) is 13.9. The highest BCUT2D eigenvalue weighted by Gasteiger charge is 2.04. The van der Waals surface area contributed by atoms with E-state index in [1.54, 1.807) is 13.2 Å². The minimum Gasteiger partial charge on any atom is -0.491 e. The smallest absolute Gasteiger partial charge is 0.165 e. The van der Waals surface area contributed by atoms with E-state index in [9.17, 15) is 4.39 Å². The molecule has 1 aromatic carbocycles. The summed E-state index contributed by atoms with van der Waals surface area (Å²) in [6, 6.07) is 5.05. The number of benzene rings is 1. The van der Waals surface area contributed by atoms with Gasteiger partial charge in [-0.1, -0.05) is 12.1 Å². The van der Waals surface area contributed by atoms with Crippen molar-refractivity contribution < 1.29 is 13.9 Å². The maximum Gasteiger partial charge on any atom is 0.165 e. The number of unbranched alkanes of at least 4 members (excludes halogenated alkanes) is 1. The molecule has 19 heavy (non-hydrogen) atoms. The highest BCUT2D eigenvalue weighted by atomic mass is 19.1. The minimum atomic E-state index is -0.315. The van der Waals surface area contributed by atoms with Crippen LogP contribution in [0.1, 0.15) is 18.4 Å². The molecule has 0 heterocycles. The van der Waals surface area contributed by atoms with Gasteiger partial charge >= 0.3 is 0 Å². The Morgan fingerprint density at radius 1 is 1.37 bits per heavy atom. The van der Waals surface area contributed by atoms with E-state index in [1.165, 1.54) is 6.07 Å². The molecule has 0 aliphatic carbocycles. The summed E-state index contributed by atoms with van der Waals surface area (Å²) in [5.41, 5.74) is 0.895. The Morgan fingerprint density at radius 3 is 2.89 bits per heavy atom. The molecule has 106 valence electrons. The molecule has 0 saturated carbocycles. The first kappa shape index (κ1) is 15.7. The minimum absolute atomic E-state index is 0.310. The van der Waals surface area contributed by atoms with E-state index in [4.69, 9.17) is 9.47 Å². The Bertz CT molecular complexity index is 382. The third-order valence-electron chi connectivity index (χ3n) is 2.62. The summed E-state index contributed by atoms with van der Waals surface area (Å²) in [5.74, 6) is -0.00523. The highest BCUT2D eigenvalue weighted by molar-refractivity contribution is 5.29. The van der Waals surface area contributed by atoms with Gasteiger partial charge in [0.05, 0.1) is 13.2 Å². The van der Waals surface area contributed by atoms with Crippen molar-refractivity contribution in [1.29, 1.82) is 0 Å². The van der Waals surface area contributed by atoms with Gasteiger partial charge < -0.3 is 14.8 Å². The fourth-order valence-corrected chi connectivity index (χ4v) is 1.59.